The van der Waals surface area contributed by atoms with E-state index in [2.05, 4.69) is 56.8 Å². The molecule has 2 aromatic carbocycles. The lowest BCUT2D eigenvalue weighted by Gasteiger charge is -2.39. The van der Waals surface area contributed by atoms with Gasteiger partial charge < -0.3 is 20.5 Å². The van der Waals surface area contributed by atoms with Crippen LogP contribution in [0, 0.1) is 0 Å². The van der Waals surface area contributed by atoms with Crippen molar-refractivity contribution in [1.29, 1.82) is 0 Å². The van der Waals surface area contributed by atoms with Crippen LogP contribution in [-0.2, 0) is 9.53 Å². The van der Waals surface area contributed by atoms with E-state index in [-0.39, 0.29) is 12.6 Å². The lowest BCUT2D eigenvalue weighted by molar-refractivity contribution is -0.142. The number of rotatable bonds is 8. The van der Waals surface area contributed by atoms with Crippen LogP contribution in [0.2, 0.25) is 5.02 Å². The molecule has 0 bridgehead atoms. The highest BCUT2D eigenvalue weighted by Gasteiger charge is 2.26. The Balaban J connectivity index is 0.000000442. The summed E-state index contributed by atoms with van der Waals surface area (Å²) in [4.78, 5) is 15.3. The number of benzene rings is 2. The summed E-state index contributed by atoms with van der Waals surface area (Å²) in [7, 11) is 0. The molecule has 0 amide bonds. The van der Waals surface area contributed by atoms with E-state index in [1.165, 1.54) is 11.1 Å². The van der Waals surface area contributed by atoms with Crippen molar-refractivity contribution in [3.63, 3.8) is 0 Å². The Bertz CT molecular complexity index is 799. The maximum atomic E-state index is 10.5. The van der Waals surface area contributed by atoms with Gasteiger partial charge in [-0.3, -0.25) is 9.80 Å². The number of carbonyl (C=O) groups is 1. The molecule has 0 radical (unpaired) electrons. The Hall–Kier alpha value is -2.00. The highest BCUT2D eigenvalue weighted by Crippen LogP contribution is 2.30. The van der Waals surface area contributed by atoms with Gasteiger partial charge in [-0.05, 0) is 23.3 Å². The molecule has 7 nitrogen and oxygen atoms in total. The third-order valence-corrected chi connectivity index (χ3v) is 6.06. The lowest BCUT2D eigenvalue weighted by atomic mass is 9.96. The zero-order valence-corrected chi connectivity index (χ0v) is 19.8. The third-order valence-electron chi connectivity index (χ3n) is 5.81. The summed E-state index contributed by atoms with van der Waals surface area (Å²) in [5.74, 6) is -0.923. The SMILES string of the molecule is C1CNCCN1.O=C(O)COCCN1CCN(C(c2ccccc2)c2ccc(Cl)cc2)CC1. The Labute approximate surface area is 201 Å². The van der Waals surface area contributed by atoms with Crippen molar-refractivity contribution in [3.8, 4) is 0 Å². The third kappa shape index (κ3) is 9.04. The largest absolute Gasteiger partial charge is 0.480 e. The zero-order valence-electron chi connectivity index (χ0n) is 19.1. The fourth-order valence-corrected chi connectivity index (χ4v) is 4.22. The normalized spacial score (nSPS) is 18.2. The number of nitrogens with zero attached hydrogens (tertiary/aromatic N) is 2. The maximum Gasteiger partial charge on any atom is 0.329 e. The first-order valence-corrected chi connectivity index (χ1v) is 12.0. The van der Waals surface area contributed by atoms with Crippen molar-refractivity contribution in [2.45, 2.75) is 6.04 Å². The monoisotopic (exact) mass is 474 g/mol. The average Bonchev–Trinajstić information content (AvgIpc) is 2.86. The molecule has 1 unspecified atom stereocenters. The summed E-state index contributed by atoms with van der Waals surface area (Å²) in [6, 6.07) is 18.8. The molecule has 180 valence electrons. The van der Waals surface area contributed by atoms with Crippen LogP contribution in [0.15, 0.2) is 54.6 Å². The molecule has 8 heteroatoms. The number of hydrogen-bond donors (Lipinski definition) is 3. The molecule has 1 atom stereocenters. The average molecular weight is 475 g/mol. The van der Waals surface area contributed by atoms with Crippen LogP contribution in [-0.4, -0.2) is 93.0 Å². The van der Waals surface area contributed by atoms with Crippen molar-refractivity contribution < 1.29 is 14.6 Å². The smallest absolute Gasteiger partial charge is 0.329 e. The molecule has 0 aromatic heterocycles. The van der Waals surface area contributed by atoms with Crippen molar-refractivity contribution in [2.24, 2.45) is 0 Å². The molecule has 2 aliphatic heterocycles. The van der Waals surface area contributed by atoms with E-state index < -0.39 is 5.97 Å². The second-order valence-electron chi connectivity index (χ2n) is 8.19. The number of carboxylic acid groups (broad SMARTS) is 1. The molecule has 2 heterocycles. The van der Waals surface area contributed by atoms with Gasteiger partial charge in [0.25, 0.3) is 0 Å². The van der Waals surface area contributed by atoms with Gasteiger partial charge in [0.1, 0.15) is 6.61 Å². The molecule has 4 rings (SSSR count). The Morgan fingerprint density at radius 3 is 2.03 bits per heavy atom. The van der Waals surface area contributed by atoms with Crippen LogP contribution < -0.4 is 10.6 Å². The Morgan fingerprint density at radius 2 is 1.48 bits per heavy atom. The van der Waals surface area contributed by atoms with Gasteiger partial charge in [0, 0.05) is 63.9 Å². The van der Waals surface area contributed by atoms with Crippen molar-refractivity contribution in [2.75, 3.05) is 72.1 Å². The number of aliphatic carboxylic acids is 1. The number of piperazine rings is 2. The zero-order chi connectivity index (χ0) is 23.3. The van der Waals surface area contributed by atoms with Gasteiger partial charge in [0.05, 0.1) is 12.6 Å². The number of halogens is 1. The first-order chi connectivity index (χ1) is 16.1. The van der Waals surface area contributed by atoms with E-state index in [9.17, 15) is 4.79 Å². The second-order valence-corrected chi connectivity index (χ2v) is 8.63. The van der Waals surface area contributed by atoms with Crippen LogP contribution >= 0.6 is 11.6 Å². The lowest BCUT2D eigenvalue weighted by Crippen LogP contribution is -2.48. The number of hydrogen-bond acceptors (Lipinski definition) is 6. The molecule has 0 aliphatic carbocycles. The molecule has 3 N–H and O–H groups in total. The molecule has 0 saturated carbocycles. The Morgan fingerprint density at radius 1 is 0.909 bits per heavy atom. The Kier molecular flexibility index (Phi) is 11.1. The van der Waals surface area contributed by atoms with E-state index in [1.54, 1.807) is 0 Å². The molecule has 2 fully saturated rings. The van der Waals surface area contributed by atoms with Crippen LogP contribution in [0.1, 0.15) is 17.2 Å². The topological polar surface area (TPSA) is 77.1 Å². The summed E-state index contributed by atoms with van der Waals surface area (Å²) in [6.45, 7) is 9.30. The number of ether oxygens (including phenoxy) is 1. The molecule has 2 aliphatic rings. The van der Waals surface area contributed by atoms with Gasteiger partial charge >= 0.3 is 5.97 Å². The summed E-state index contributed by atoms with van der Waals surface area (Å²) in [5, 5.41) is 15.8. The predicted molar refractivity (Wildman–Crippen MR) is 132 cm³/mol. The molecule has 2 aromatic rings. The highest BCUT2D eigenvalue weighted by molar-refractivity contribution is 6.30. The number of nitrogens with one attached hydrogen (secondary N) is 2. The fraction of sp³-hybridized carbons (Fsp3) is 0.480. The first kappa shape index (κ1) is 25.6. The molecule has 33 heavy (non-hydrogen) atoms. The predicted octanol–water partition coefficient (Wildman–Crippen LogP) is 2.33. The standard InChI is InChI=1S/C21H25ClN2O3.C4H10N2/c22-19-8-6-18(7-9-19)21(17-4-2-1-3-5-17)24-12-10-23(11-13-24)14-15-27-16-20(25)26;1-2-6-4-3-5-1/h1-9,21H,10-16H2,(H,25,26);5-6H,1-4H2. The van der Waals surface area contributed by atoms with Crippen LogP contribution in [0.3, 0.4) is 0 Å². The van der Waals surface area contributed by atoms with E-state index in [4.69, 9.17) is 21.4 Å². The van der Waals surface area contributed by atoms with E-state index >= 15 is 0 Å². The summed E-state index contributed by atoms with van der Waals surface area (Å²) < 4.78 is 5.15. The molecular formula is C25H35ClN4O3. The van der Waals surface area contributed by atoms with Crippen molar-refractivity contribution in [1.82, 2.24) is 20.4 Å². The van der Waals surface area contributed by atoms with E-state index in [1.807, 2.05) is 18.2 Å². The molecular weight excluding hydrogens is 440 g/mol. The summed E-state index contributed by atoms with van der Waals surface area (Å²) in [5.41, 5.74) is 2.52. The minimum Gasteiger partial charge on any atom is -0.480 e. The quantitative estimate of drug-likeness (QED) is 0.507. The molecule has 2 saturated heterocycles. The highest BCUT2D eigenvalue weighted by atomic mass is 35.5. The van der Waals surface area contributed by atoms with Gasteiger partial charge in [-0.1, -0.05) is 54.1 Å². The van der Waals surface area contributed by atoms with Crippen molar-refractivity contribution in [3.05, 3.63) is 70.7 Å². The molecule has 0 spiro atoms. The minimum atomic E-state index is -0.923. The van der Waals surface area contributed by atoms with E-state index in [0.717, 1.165) is 63.9 Å². The minimum absolute atomic E-state index is 0.203. The van der Waals surface area contributed by atoms with Crippen LogP contribution in [0.5, 0.6) is 0 Å². The van der Waals surface area contributed by atoms with Crippen LogP contribution in [0.25, 0.3) is 0 Å². The summed E-state index contributed by atoms with van der Waals surface area (Å²) in [6.07, 6.45) is 0. The van der Waals surface area contributed by atoms with Gasteiger partial charge in [-0.25, -0.2) is 4.79 Å². The maximum absolute atomic E-state index is 10.5. The second kappa shape index (κ2) is 14.3. The van der Waals surface area contributed by atoms with Crippen molar-refractivity contribution >= 4 is 17.6 Å². The van der Waals surface area contributed by atoms with Gasteiger partial charge in [0.2, 0.25) is 0 Å². The first-order valence-electron chi connectivity index (χ1n) is 11.6. The fourth-order valence-electron chi connectivity index (χ4n) is 4.10. The van der Waals surface area contributed by atoms with E-state index in [0.29, 0.717) is 6.61 Å². The van der Waals surface area contributed by atoms with Gasteiger partial charge in [-0.2, -0.15) is 0 Å². The van der Waals surface area contributed by atoms with Gasteiger partial charge in [-0.15, -0.1) is 0 Å². The van der Waals surface area contributed by atoms with Gasteiger partial charge in [0.15, 0.2) is 0 Å². The number of carboxylic acids is 1. The van der Waals surface area contributed by atoms with Crippen LogP contribution in [0.4, 0.5) is 0 Å². The summed E-state index contributed by atoms with van der Waals surface area (Å²) >= 11 is 6.08.